The van der Waals surface area contributed by atoms with Crippen LogP contribution in [0, 0.1) is 0 Å². The lowest BCUT2D eigenvalue weighted by Crippen LogP contribution is -2.57. The lowest BCUT2D eigenvalue weighted by Gasteiger charge is -2.34. The first-order valence-electron chi connectivity index (χ1n) is 7.51. The maximum Gasteiger partial charge on any atom is 0.243 e. The number of nitrogens with zero attached hydrogens (tertiary/aromatic N) is 1. The van der Waals surface area contributed by atoms with Crippen LogP contribution < -0.4 is 10.6 Å². The molecule has 0 aromatic heterocycles. The summed E-state index contributed by atoms with van der Waals surface area (Å²) in [6.07, 6.45) is 3.55. The molecule has 3 rings (SSSR count). The summed E-state index contributed by atoms with van der Waals surface area (Å²) in [7, 11) is 0. The minimum absolute atomic E-state index is 0. The number of hydrogen-bond acceptors (Lipinski definition) is 4. The Morgan fingerprint density at radius 3 is 3.00 bits per heavy atom. The van der Waals surface area contributed by atoms with E-state index in [1.54, 1.807) is 11.8 Å². The zero-order valence-electron chi connectivity index (χ0n) is 12.6. The molecule has 21 heavy (non-hydrogen) atoms. The third-order valence-electron chi connectivity index (χ3n) is 4.84. The molecule has 4 unspecified atom stereocenters. The number of carbonyl (C=O) groups excluding carboxylic acids is 2. The van der Waals surface area contributed by atoms with Gasteiger partial charge in [-0.05, 0) is 39.7 Å². The first-order chi connectivity index (χ1) is 9.51. The minimum Gasteiger partial charge on any atom is -0.350 e. The van der Waals surface area contributed by atoms with E-state index in [4.69, 9.17) is 0 Å². The summed E-state index contributed by atoms with van der Waals surface area (Å²) in [5.74, 6) is 0.882. The van der Waals surface area contributed by atoms with Gasteiger partial charge in [-0.15, -0.1) is 24.2 Å². The van der Waals surface area contributed by atoms with Crippen LogP contribution in [0.4, 0.5) is 0 Å². The van der Waals surface area contributed by atoms with Crippen molar-refractivity contribution in [3.05, 3.63) is 0 Å². The van der Waals surface area contributed by atoms with E-state index in [2.05, 4.69) is 24.5 Å². The number of nitrogens with one attached hydrogen (secondary N) is 2. The molecule has 0 aromatic rings. The van der Waals surface area contributed by atoms with E-state index in [-0.39, 0.29) is 41.2 Å². The third-order valence-corrected chi connectivity index (χ3v) is 6.34. The van der Waals surface area contributed by atoms with E-state index in [9.17, 15) is 9.59 Å². The van der Waals surface area contributed by atoms with E-state index in [1.807, 2.05) is 4.90 Å². The van der Waals surface area contributed by atoms with Crippen molar-refractivity contribution in [2.24, 2.45) is 0 Å². The second-order valence-corrected chi connectivity index (χ2v) is 7.77. The van der Waals surface area contributed by atoms with Crippen LogP contribution in [0.25, 0.3) is 0 Å². The van der Waals surface area contributed by atoms with Crippen molar-refractivity contribution in [1.82, 2.24) is 15.5 Å². The van der Waals surface area contributed by atoms with Crippen molar-refractivity contribution < 1.29 is 9.59 Å². The summed E-state index contributed by atoms with van der Waals surface area (Å²) in [6.45, 7) is 5.22. The molecule has 0 aliphatic carbocycles. The standard InChI is InChI=1S/C14H23N3O2S.ClH/c1-9-10(4-3-7-15-9)16-13(19)11-8-20-14(2)6-5-12(18)17(11)14;/h9-11,15H,3-8H2,1-2H3,(H,16,19);1H. The van der Waals surface area contributed by atoms with Gasteiger partial charge in [0, 0.05) is 24.3 Å². The zero-order valence-corrected chi connectivity index (χ0v) is 14.2. The van der Waals surface area contributed by atoms with Crippen molar-refractivity contribution >= 4 is 36.0 Å². The second-order valence-electron chi connectivity index (χ2n) is 6.27. The van der Waals surface area contributed by atoms with Crippen molar-refractivity contribution in [3.63, 3.8) is 0 Å². The molecule has 0 bridgehead atoms. The minimum atomic E-state index is -0.283. The highest BCUT2D eigenvalue weighted by Gasteiger charge is 2.53. The summed E-state index contributed by atoms with van der Waals surface area (Å²) < 4.78 is 0. The van der Waals surface area contributed by atoms with Gasteiger partial charge >= 0.3 is 0 Å². The molecule has 0 radical (unpaired) electrons. The molecule has 0 saturated carbocycles. The first-order valence-corrected chi connectivity index (χ1v) is 8.50. The lowest BCUT2D eigenvalue weighted by atomic mass is 9.99. The Morgan fingerprint density at radius 2 is 2.29 bits per heavy atom. The molecule has 7 heteroatoms. The van der Waals surface area contributed by atoms with Gasteiger partial charge in [0.2, 0.25) is 11.8 Å². The smallest absolute Gasteiger partial charge is 0.243 e. The number of halogens is 1. The summed E-state index contributed by atoms with van der Waals surface area (Å²) in [4.78, 5) is 26.3. The lowest BCUT2D eigenvalue weighted by molar-refractivity contribution is -0.138. The average molecular weight is 334 g/mol. The Bertz CT molecular complexity index is 436. The van der Waals surface area contributed by atoms with Crippen LogP contribution in [0.2, 0.25) is 0 Å². The molecule has 4 atom stereocenters. The van der Waals surface area contributed by atoms with Gasteiger partial charge in [0.05, 0.1) is 4.87 Å². The van der Waals surface area contributed by atoms with E-state index in [1.165, 1.54) is 0 Å². The van der Waals surface area contributed by atoms with Crippen molar-refractivity contribution in [2.45, 2.75) is 62.5 Å². The van der Waals surface area contributed by atoms with Crippen LogP contribution in [0.15, 0.2) is 0 Å². The van der Waals surface area contributed by atoms with Crippen molar-refractivity contribution in [3.8, 4) is 0 Å². The highest BCUT2D eigenvalue weighted by Crippen LogP contribution is 2.47. The Balaban J connectivity index is 0.00000161. The largest absolute Gasteiger partial charge is 0.350 e. The van der Waals surface area contributed by atoms with Gasteiger partial charge in [0.1, 0.15) is 6.04 Å². The molecule has 5 nitrogen and oxygen atoms in total. The number of carbonyl (C=O) groups is 2. The van der Waals surface area contributed by atoms with E-state index in [0.29, 0.717) is 12.5 Å². The van der Waals surface area contributed by atoms with Crippen LogP contribution in [0.5, 0.6) is 0 Å². The summed E-state index contributed by atoms with van der Waals surface area (Å²) in [5.41, 5.74) is 0. The molecule has 0 aromatic carbocycles. The summed E-state index contributed by atoms with van der Waals surface area (Å²) >= 11 is 1.75. The highest BCUT2D eigenvalue weighted by atomic mass is 35.5. The second kappa shape index (κ2) is 6.34. The fourth-order valence-electron chi connectivity index (χ4n) is 3.53. The fourth-order valence-corrected chi connectivity index (χ4v) is 4.97. The Hall–Kier alpha value is -0.460. The van der Waals surface area contributed by atoms with E-state index in [0.717, 1.165) is 31.6 Å². The van der Waals surface area contributed by atoms with Gasteiger partial charge in [0.25, 0.3) is 0 Å². The predicted molar refractivity (Wildman–Crippen MR) is 86.6 cm³/mol. The quantitative estimate of drug-likeness (QED) is 0.795. The third kappa shape index (κ3) is 3.03. The number of rotatable bonds is 2. The van der Waals surface area contributed by atoms with Gasteiger partial charge in [-0.3, -0.25) is 9.59 Å². The molecule has 2 amide bonds. The maximum absolute atomic E-state index is 12.5. The van der Waals surface area contributed by atoms with Crippen molar-refractivity contribution in [2.75, 3.05) is 12.3 Å². The Kier molecular flexibility index (Phi) is 5.11. The monoisotopic (exact) mass is 333 g/mol. The molecule has 3 fully saturated rings. The molecule has 2 N–H and O–H groups in total. The molecule has 3 aliphatic heterocycles. The van der Waals surface area contributed by atoms with Crippen LogP contribution in [-0.4, -0.2) is 52.0 Å². The van der Waals surface area contributed by atoms with Crippen LogP contribution in [-0.2, 0) is 9.59 Å². The van der Waals surface area contributed by atoms with E-state index >= 15 is 0 Å². The molecule has 3 saturated heterocycles. The van der Waals surface area contributed by atoms with Gasteiger partial charge in [-0.2, -0.15) is 0 Å². The molecular weight excluding hydrogens is 310 g/mol. The molecule has 3 aliphatic rings. The Labute approximate surface area is 136 Å². The number of hydrogen-bond donors (Lipinski definition) is 2. The molecule has 120 valence electrons. The van der Waals surface area contributed by atoms with E-state index < -0.39 is 0 Å². The Morgan fingerprint density at radius 1 is 1.52 bits per heavy atom. The van der Waals surface area contributed by atoms with Crippen LogP contribution in [0.3, 0.4) is 0 Å². The topological polar surface area (TPSA) is 61.4 Å². The van der Waals surface area contributed by atoms with Crippen molar-refractivity contribution in [1.29, 1.82) is 0 Å². The summed E-state index contributed by atoms with van der Waals surface area (Å²) in [6, 6.07) is 0.211. The van der Waals surface area contributed by atoms with Gasteiger partial charge in [-0.1, -0.05) is 0 Å². The van der Waals surface area contributed by atoms with Gasteiger partial charge in [-0.25, -0.2) is 0 Å². The molecule has 3 heterocycles. The number of piperidine rings is 1. The van der Waals surface area contributed by atoms with Gasteiger partial charge in [0.15, 0.2) is 0 Å². The van der Waals surface area contributed by atoms with Gasteiger partial charge < -0.3 is 15.5 Å². The summed E-state index contributed by atoms with van der Waals surface area (Å²) in [5, 5.41) is 6.54. The number of thioether (sulfide) groups is 1. The molecular formula is C14H24ClN3O2S. The first kappa shape index (κ1) is 16.9. The van der Waals surface area contributed by atoms with Crippen LogP contribution >= 0.6 is 24.2 Å². The number of fused-ring (bicyclic) bond motifs is 1. The predicted octanol–water partition coefficient (Wildman–Crippen LogP) is 1.12. The normalized spacial score (nSPS) is 38.9. The molecule has 0 spiro atoms. The zero-order chi connectivity index (χ0) is 14.3. The SMILES string of the molecule is CC1NCCCC1NC(=O)C1CSC2(C)CCC(=O)N12.Cl. The fraction of sp³-hybridized carbons (Fsp3) is 0.857. The average Bonchev–Trinajstić information content (AvgIpc) is 2.90. The highest BCUT2D eigenvalue weighted by molar-refractivity contribution is 8.01. The number of amides is 2. The van der Waals surface area contributed by atoms with Crippen LogP contribution in [0.1, 0.15) is 39.5 Å². The maximum atomic E-state index is 12.5.